The highest BCUT2D eigenvalue weighted by atomic mass is 127. The summed E-state index contributed by atoms with van der Waals surface area (Å²) in [6.07, 6.45) is 5.17. The molecule has 0 atom stereocenters. The number of hydrogen-bond acceptors (Lipinski definition) is 6. The van der Waals surface area contributed by atoms with Gasteiger partial charge in [0.05, 0.1) is 6.54 Å². The quantitative estimate of drug-likeness (QED) is 0.197. The van der Waals surface area contributed by atoms with E-state index < -0.39 is 0 Å². The average Bonchev–Trinajstić information content (AvgIpc) is 2.81. The molecule has 0 unspecified atom stereocenters. The first kappa shape index (κ1) is 27.1. The third-order valence-electron chi connectivity index (χ3n) is 5.85. The number of nitrogens with zero attached hydrogens (tertiary/aromatic N) is 4. The van der Waals surface area contributed by atoms with Crippen molar-refractivity contribution in [1.29, 1.82) is 0 Å². The van der Waals surface area contributed by atoms with Gasteiger partial charge in [-0.1, -0.05) is 6.07 Å². The Hall–Kier alpha value is -1.17. The molecular formula is C23H41IN6O2. The zero-order valence-corrected chi connectivity index (χ0v) is 22.1. The minimum Gasteiger partial charge on any atom is -0.381 e. The molecule has 2 fully saturated rings. The molecular weight excluding hydrogens is 519 g/mol. The van der Waals surface area contributed by atoms with E-state index in [1.807, 2.05) is 6.20 Å². The Balaban J connectivity index is 0.00000363. The van der Waals surface area contributed by atoms with Crippen LogP contribution in [0.15, 0.2) is 23.3 Å². The fraction of sp³-hybridized carbons (Fsp3) is 0.739. The number of nitrogens with one attached hydrogen (secondary N) is 2. The Morgan fingerprint density at radius 1 is 1.19 bits per heavy atom. The van der Waals surface area contributed by atoms with Crippen molar-refractivity contribution < 1.29 is 9.47 Å². The van der Waals surface area contributed by atoms with Crippen LogP contribution in [0, 0.1) is 5.92 Å². The van der Waals surface area contributed by atoms with Crippen molar-refractivity contribution in [1.82, 2.24) is 20.5 Å². The van der Waals surface area contributed by atoms with Crippen molar-refractivity contribution in [3.63, 3.8) is 0 Å². The van der Waals surface area contributed by atoms with Gasteiger partial charge in [0.25, 0.3) is 0 Å². The first-order chi connectivity index (χ1) is 15.2. The largest absolute Gasteiger partial charge is 0.381 e. The maximum Gasteiger partial charge on any atom is 0.191 e. The molecule has 0 saturated carbocycles. The van der Waals surface area contributed by atoms with E-state index in [4.69, 9.17) is 14.5 Å². The molecule has 0 spiro atoms. The predicted molar refractivity (Wildman–Crippen MR) is 141 cm³/mol. The van der Waals surface area contributed by atoms with Gasteiger partial charge in [0, 0.05) is 71.9 Å². The van der Waals surface area contributed by atoms with Gasteiger partial charge in [-0.2, -0.15) is 0 Å². The lowest BCUT2D eigenvalue weighted by atomic mass is 10.0. The van der Waals surface area contributed by atoms with Crippen LogP contribution in [0.25, 0.3) is 0 Å². The lowest BCUT2D eigenvalue weighted by Crippen LogP contribution is -2.44. The van der Waals surface area contributed by atoms with E-state index in [2.05, 4.69) is 51.5 Å². The summed E-state index contributed by atoms with van der Waals surface area (Å²) in [6, 6.07) is 4.25. The number of aliphatic imine (C=N–C) groups is 1. The Labute approximate surface area is 210 Å². The van der Waals surface area contributed by atoms with Crippen LogP contribution in [0.3, 0.4) is 0 Å². The maximum atomic E-state index is 5.84. The van der Waals surface area contributed by atoms with Gasteiger partial charge in [-0.15, -0.1) is 24.0 Å². The smallest absolute Gasteiger partial charge is 0.191 e. The molecule has 2 N–H and O–H groups in total. The first-order valence-electron chi connectivity index (χ1n) is 11.8. The van der Waals surface area contributed by atoms with Crippen LogP contribution < -0.4 is 15.5 Å². The fourth-order valence-electron chi connectivity index (χ4n) is 3.79. The molecule has 0 aromatic carbocycles. The number of guanidine groups is 1. The molecule has 9 heteroatoms. The van der Waals surface area contributed by atoms with Crippen LogP contribution in [0.4, 0.5) is 5.82 Å². The summed E-state index contributed by atoms with van der Waals surface area (Å²) in [5.74, 6) is 2.57. The Morgan fingerprint density at radius 2 is 1.97 bits per heavy atom. The van der Waals surface area contributed by atoms with Crippen molar-refractivity contribution in [2.24, 2.45) is 10.9 Å². The van der Waals surface area contributed by atoms with Gasteiger partial charge in [0.15, 0.2) is 5.96 Å². The minimum absolute atomic E-state index is 0. The molecule has 0 bridgehead atoms. The molecule has 2 saturated heterocycles. The maximum absolute atomic E-state index is 5.84. The Kier molecular flexibility index (Phi) is 13.2. The van der Waals surface area contributed by atoms with Gasteiger partial charge in [0.2, 0.25) is 0 Å². The normalized spacial score (nSPS) is 18.3. The van der Waals surface area contributed by atoms with Crippen molar-refractivity contribution >= 4 is 35.8 Å². The van der Waals surface area contributed by atoms with Crippen LogP contribution in [0.5, 0.6) is 0 Å². The zero-order chi connectivity index (χ0) is 21.7. The Bertz CT molecular complexity index is 646. The van der Waals surface area contributed by atoms with E-state index in [9.17, 15) is 0 Å². The number of hydrogen-bond donors (Lipinski definition) is 2. The van der Waals surface area contributed by atoms with Crippen molar-refractivity contribution in [3.8, 4) is 0 Å². The third kappa shape index (κ3) is 9.76. The van der Waals surface area contributed by atoms with Crippen LogP contribution in [0.1, 0.15) is 31.7 Å². The summed E-state index contributed by atoms with van der Waals surface area (Å²) >= 11 is 0. The summed E-state index contributed by atoms with van der Waals surface area (Å²) in [6.45, 7) is 12.0. The molecule has 32 heavy (non-hydrogen) atoms. The van der Waals surface area contributed by atoms with Crippen LogP contribution in [0.2, 0.25) is 0 Å². The number of pyridine rings is 1. The molecule has 8 nitrogen and oxygen atoms in total. The molecule has 3 rings (SSSR count). The van der Waals surface area contributed by atoms with Crippen molar-refractivity contribution in [2.75, 3.05) is 77.6 Å². The molecule has 182 valence electrons. The number of ether oxygens (including phenoxy) is 2. The lowest BCUT2D eigenvalue weighted by Gasteiger charge is -2.33. The zero-order valence-electron chi connectivity index (χ0n) is 19.7. The highest BCUT2D eigenvalue weighted by Gasteiger charge is 2.15. The number of piperazine rings is 1. The van der Waals surface area contributed by atoms with Crippen LogP contribution in [-0.2, 0) is 16.0 Å². The van der Waals surface area contributed by atoms with Gasteiger partial charge in [-0.25, -0.2) is 9.98 Å². The topological polar surface area (TPSA) is 74.3 Å². The third-order valence-corrected chi connectivity index (χ3v) is 5.85. The molecule has 0 aliphatic carbocycles. The van der Waals surface area contributed by atoms with Gasteiger partial charge >= 0.3 is 0 Å². The highest BCUT2D eigenvalue weighted by molar-refractivity contribution is 14.0. The molecule has 2 aliphatic rings. The molecule has 1 aromatic rings. The summed E-state index contributed by atoms with van der Waals surface area (Å²) in [5, 5.41) is 6.72. The summed E-state index contributed by atoms with van der Waals surface area (Å²) < 4.78 is 11.2. The SMILES string of the molecule is CCNC(=NCc1ccc(N2CCN(C)CC2)nc1)NCCCOCC1CCOCC1.I. The van der Waals surface area contributed by atoms with Crippen LogP contribution >= 0.6 is 24.0 Å². The summed E-state index contributed by atoms with van der Waals surface area (Å²) in [5.41, 5.74) is 1.12. The standard InChI is InChI=1S/C23H40N6O2.HI/c1-3-24-23(25-9-4-14-31-19-20-7-15-30-16-8-20)27-18-21-5-6-22(26-17-21)29-12-10-28(2)11-13-29;/h5-6,17,20H,3-4,7-16,18-19H2,1-2H3,(H2,24,25,27);1H. The number of aromatic nitrogens is 1. The van der Waals surface area contributed by atoms with E-state index in [1.165, 1.54) is 0 Å². The van der Waals surface area contributed by atoms with Gasteiger partial charge in [0.1, 0.15) is 5.82 Å². The second-order valence-corrected chi connectivity index (χ2v) is 8.42. The number of likely N-dealkylation sites (N-methyl/N-ethyl adjacent to an activating group) is 1. The average molecular weight is 561 g/mol. The minimum atomic E-state index is 0. The van der Waals surface area contributed by atoms with E-state index in [1.54, 1.807) is 0 Å². The second kappa shape index (κ2) is 15.6. The number of halogens is 1. The lowest BCUT2D eigenvalue weighted by molar-refractivity contribution is 0.0203. The number of anilines is 1. The molecule has 0 radical (unpaired) electrons. The molecule has 0 amide bonds. The second-order valence-electron chi connectivity index (χ2n) is 8.42. The Morgan fingerprint density at radius 3 is 2.66 bits per heavy atom. The highest BCUT2D eigenvalue weighted by Crippen LogP contribution is 2.15. The van der Waals surface area contributed by atoms with E-state index in [0.29, 0.717) is 12.5 Å². The summed E-state index contributed by atoms with van der Waals surface area (Å²) in [4.78, 5) is 14.1. The van der Waals surface area contributed by atoms with Gasteiger partial charge in [-0.3, -0.25) is 0 Å². The summed E-state index contributed by atoms with van der Waals surface area (Å²) in [7, 11) is 2.17. The van der Waals surface area contributed by atoms with Crippen molar-refractivity contribution in [3.05, 3.63) is 23.9 Å². The molecule has 2 aliphatic heterocycles. The van der Waals surface area contributed by atoms with Crippen molar-refractivity contribution in [2.45, 2.75) is 32.7 Å². The van der Waals surface area contributed by atoms with E-state index >= 15 is 0 Å². The van der Waals surface area contributed by atoms with E-state index in [-0.39, 0.29) is 24.0 Å². The molecule has 3 heterocycles. The van der Waals surface area contributed by atoms with E-state index in [0.717, 1.165) is 102 Å². The first-order valence-corrected chi connectivity index (χ1v) is 11.8. The fourth-order valence-corrected chi connectivity index (χ4v) is 3.79. The van der Waals surface area contributed by atoms with Gasteiger partial charge < -0.3 is 29.9 Å². The monoisotopic (exact) mass is 560 g/mol. The van der Waals surface area contributed by atoms with Gasteiger partial charge in [-0.05, 0) is 50.8 Å². The molecule has 1 aromatic heterocycles. The number of rotatable bonds is 10. The van der Waals surface area contributed by atoms with Crippen LogP contribution in [-0.4, -0.2) is 88.6 Å². The predicted octanol–water partition coefficient (Wildman–Crippen LogP) is 2.34.